The molecule has 0 bridgehead atoms. The van der Waals surface area contributed by atoms with Gasteiger partial charge in [-0.25, -0.2) is 0 Å². The highest BCUT2D eigenvalue weighted by atomic mass is 16.5. The number of ketones is 1. The number of ether oxygens (including phenoxy) is 1. The van der Waals surface area contributed by atoms with Crippen LogP contribution in [0.2, 0.25) is 0 Å². The monoisotopic (exact) mass is 337 g/mol. The van der Waals surface area contributed by atoms with E-state index in [1.165, 1.54) is 19.3 Å². The second-order valence-corrected chi connectivity index (χ2v) is 7.18. The van der Waals surface area contributed by atoms with Crippen LogP contribution in [0.4, 0.5) is 0 Å². The van der Waals surface area contributed by atoms with Crippen LogP contribution in [0.25, 0.3) is 10.8 Å². The zero-order valence-electron chi connectivity index (χ0n) is 15.4. The first-order valence-electron chi connectivity index (χ1n) is 9.07. The minimum absolute atomic E-state index is 0.0440. The lowest BCUT2D eigenvalue weighted by Gasteiger charge is -2.38. The number of benzene rings is 2. The van der Waals surface area contributed by atoms with Gasteiger partial charge in [-0.1, -0.05) is 42.5 Å². The number of methoxy groups -OCH3 is 1. The van der Waals surface area contributed by atoms with E-state index in [0.717, 1.165) is 35.1 Å². The summed E-state index contributed by atoms with van der Waals surface area (Å²) in [6, 6.07) is 13.9. The van der Waals surface area contributed by atoms with Crippen LogP contribution in [-0.2, 0) is 4.74 Å². The van der Waals surface area contributed by atoms with Crippen LogP contribution in [-0.4, -0.2) is 36.5 Å². The van der Waals surface area contributed by atoms with E-state index < -0.39 is 5.60 Å². The quantitative estimate of drug-likeness (QED) is 0.579. The SMILES string of the molecule is COC(C)(C)/C(=C/C(=O)c1cccc2ccccc12)N1CCCCC1. The lowest BCUT2D eigenvalue weighted by atomic mass is 9.96. The molecule has 1 aliphatic heterocycles. The molecule has 0 saturated carbocycles. The summed E-state index contributed by atoms with van der Waals surface area (Å²) in [6.07, 6.45) is 5.38. The van der Waals surface area contributed by atoms with Gasteiger partial charge < -0.3 is 9.64 Å². The molecule has 132 valence electrons. The van der Waals surface area contributed by atoms with Gasteiger partial charge in [-0.15, -0.1) is 0 Å². The average Bonchev–Trinajstić information content (AvgIpc) is 2.66. The Kier molecular flexibility index (Phi) is 5.24. The largest absolute Gasteiger partial charge is 0.373 e. The van der Waals surface area contributed by atoms with Crippen molar-refractivity contribution in [3.05, 3.63) is 59.8 Å². The Morgan fingerprint density at radius 2 is 1.72 bits per heavy atom. The van der Waals surface area contributed by atoms with E-state index in [0.29, 0.717) is 0 Å². The first kappa shape index (κ1) is 17.7. The lowest BCUT2D eigenvalue weighted by molar-refractivity contribution is 0.0255. The number of likely N-dealkylation sites (tertiary alicyclic amines) is 1. The fraction of sp³-hybridized carbons (Fsp3) is 0.409. The second-order valence-electron chi connectivity index (χ2n) is 7.18. The Morgan fingerprint density at radius 3 is 2.44 bits per heavy atom. The van der Waals surface area contributed by atoms with Gasteiger partial charge in [-0.3, -0.25) is 4.79 Å². The van der Waals surface area contributed by atoms with Crippen LogP contribution in [0, 0.1) is 0 Å². The highest BCUT2D eigenvalue weighted by Gasteiger charge is 2.29. The molecule has 0 aromatic heterocycles. The van der Waals surface area contributed by atoms with Crippen LogP contribution in [0.15, 0.2) is 54.2 Å². The number of rotatable bonds is 5. The van der Waals surface area contributed by atoms with Gasteiger partial charge >= 0.3 is 0 Å². The molecule has 1 aliphatic rings. The van der Waals surface area contributed by atoms with Crippen molar-refractivity contribution in [3.63, 3.8) is 0 Å². The molecule has 1 saturated heterocycles. The Hall–Kier alpha value is -2.13. The molecule has 3 nitrogen and oxygen atoms in total. The molecule has 2 aromatic carbocycles. The van der Waals surface area contributed by atoms with Crippen molar-refractivity contribution >= 4 is 16.6 Å². The molecule has 0 spiro atoms. The second kappa shape index (κ2) is 7.40. The Morgan fingerprint density at radius 1 is 1.04 bits per heavy atom. The summed E-state index contributed by atoms with van der Waals surface area (Å²) in [4.78, 5) is 15.4. The van der Waals surface area contributed by atoms with Gasteiger partial charge in [0.15, 0.2) is 5.78 Å². The third kappa shape index (κ3) is 3.77. The Bertz CT molecular complexity index is 780. The maximum Gasteiger partial charge on any atom is 0.188 e. The summed E-state index contributed by atoms with van der Waals surface area (Å²) in [6.45, 7) is 6.04. The van der Waals surface area contributed by atoms with Gasteiger partial charge in [0.05, 0.1) is 0 Å². The third-order valence-electron chi connectivity index (χ3n) is 5.15. The summed E-state index contributed by atoms with van der Waals surface area (Å²) >= 11 is 0. The van der Waals surface area contributed by atoms with Crippen molar-refractivity contribution in [3.8, 4) is 0 Å². The van der Waals surface area contributed by atoms with Crippen LogP contribution in [0.1, 0.15) is 43.5 Å². The number of carbonyl (C=O) groups excluding carboxylic acids is 1. The molecule has 1 fully saturated rings. The van der Waals surface area contributed by atoms with Crippen molar-refractivity contribution in [1.82, 2.24) is 4.90 Å². The van der Waals surface area contributed by atoms with Gasteiger partial charge in [-0.05, 0) is 43.9 Å². The highest BCUT2D eigenvalue weighted by molar-refractivity contribution is 6.13. The van der Waals surface area contributed by atoms with Crippen molar-refractivity contribution in [2.45, 2.75) is 38.7 Å². The Balaban J connectivity index is 2.02. The van der Waals surface area contributed by atoms with E-state index in [1.807, 2.05) is 56.3 Å². The standard InChI is InChI=1S/C22H27NO2/c1-22(2,25-3)21(23-14-7-4-8-15-23)16-20(24)19-13-9-11-17-10-5-6-12-18(17)19/h5-6,9-13,16H,4,7-8,14-15H2,1-3H3/b21-16-. The molecule has 3 rings (SSSR count). The topological polar surface area (TPSA) is 29.5 Å². The molecule has 0 amide bonds. The van der Waals surface area contributed by atoms with E-state index >= 15 is 0 Å². The number of piperidine rings is 1. The fourth-order valence-electron chi connectivity index (χ4n) is 3.53. The molecule has 0 atom stereocenters. The zero-order chi connectivity index (χ0) is 17.9. The van der Waals surface area contributed by atoms with E-state index in [2.05, 4.69) is 4.90 Å². The summed E-state index contributed by atoms with van der Waals surface area (Å²) in [5.41, 5.74) is 1.24. The van der Waals surface area contributed by atoms with Gasteiger partial charge in [-0.2, -0.15) is 0 Å². The van der Waals surface area contributed by atoms with Crippen molar-refractivity contribution < 1.29 is 9.53 Å². The molecule has 0 radical (unpaired) electrons. The van der Waals surface area contributed by atoms with Crippen LogP contribution < -0.4 is 0 Å². The molecule has 3 heteroatoms. The molecule has 1 heterocycles. The maximum atomic E-state index is 13.1. The molecule has 2 aromatic rings. The fourth-order valence-corrected chi connectivity index (χ4v) is 3.53. The highest BCUT2D eigenvalue weighted by Crippen LogP contribution is 2.28. The third-order valence-corrected chi connectivity index (χ3v) is 5.15. The number of allylic oxidation sites excluding steroid dienone is 1. The van der Waals surface area contributed by atoms with Crippen molar-refractivity contribution in [1.29, 1.82) is 0 Å². The van der Waals surface area contributed by atoms with E-state index in [1.54, 1.807) is 13.2 Å². The molecular formula is C22H27NO2. The summed E-state index contributed by atoms with van der Waals surface area (Å²) in [5.74, 6) is 0.0440. The molecule has 25 heavy (non-hydrogen) atoms. The first-order chi connectivity index (χ1) is 12.0. The predicted octanol–water partition coefficient (Wildman–Crippen LogP) is 4.82. The van der Waals surface area contributed by atoms with Crippen molar-refractivity contribution in [2.24, 2.45) is 0 Å². The number of fused-ring (bicyclic) bond motifs is 1. The lowest BCUT2D eigenvalue weighted by Crippen LogP contribution is -2.40. The molecule has 0 unspecified atom stereocenters. The summed E-state index contributed by atoms with van der Waals surface area (Å²) in [7, 11) is 1.71. The maximum absolute atomic E-state index is 13.1. The minimum Gasteiger partial charge on any atom is -0.373 e. The molecule has 0 aliphatic carbocycles. The summed E-state index contributed by atoms with van der Waals surface area (Å²) in [5, 5.41) is 2.09. The average molecular weight is 337 g/mol. The zero-order valence-corrected chi connectivity index (χ0v) is 15.4. The molecular weight excluding hydrogens is 310 g/mol. The van der Waals surface area contributed by atoms with Crippen LogP contribution >= 0.6 is 0 Å². The van der Waals surface area contributed by atoms with Gasteiger partial charge in [0.2, 0.25) is 0 Å². The first-order valence-corrected chi connectivity index (χ1v) is 9.07. The van der Waals surface area contributed by atoms with E-state index in [9.17, 15) is 4.79 Å². The van der Waals surface area contributed by atoms with Gasteiger partial charge in [0, 0.05) is 37.5 Å². The predicted molar refractivity (Wildman–Crippen MR) is 103 cm³/mol. The smallest absolute Gasteiger partial charge is 0.188 e. The number of carbonyl (C=O) groups is 1. The van der Waals surface area contributed by atoms with Crippen LogP contribution in [0.5, 0.6) is 0 Å². The minimum atomic E-state index is -0.489. The Labute approximate surface area is 150 Å². The number of hydrogen-bond donors (Lipinski definition) is 0. The normalized spacial score (nSPS) is 16.3. The summed E-state index contributed by atoms with van der Waals surface area (Å²) < 4.78 is 5.72. The number of nitrogens with zero attached hydrogens (tertiary/aromatic N) is 1. The van der Waals surface area contributed by atoms with E-state index in [4.69, 9.17) is 4.74 Å². The van der Waals surface area contributed by atoms with Gasteiger partial charge in [0.1, 0.15) is 5.60 Å². The van der Waals surface area contributed by atoms with E-state index in [-0.39, 0.29) is 5.78 Å². The van der Waals surface area contributed by atoms with Crippen molar-refractivity contribution in [2.75, 3.05) is 20.2 Å². The molecule has 0 N–H and O–H groups in total. The van der Waals surface area contributed by atoms with Gasteiger partial charge in [0.25, 0.3) is 0 Å². The number of hydrogen-bond acceptors (Lipinski definition) is 3. The van der Waals surface area contributed by atoms with Crippen LogP contribution in [0.3, 0.4) is 0 Å².